The van der Waals surface area contributed by atoms with Crippen LogP contribution in [0.4, 0.5) is 0 Å². The summed E-state index contributed by atoms with van der Waals surface area (Å²) in [5, 5.41) is 8.70. The Hall–Kier alpha value is -2.86. The van der Waals surface area contributed by atoms with E-state index in [4.69, 9.17) is 0 Å². The Morgan fingerprint density at radius 2 is 1.71 bits per heavy atom. The van der Waals surface area contributed by atoms with E-state index in [1.807, 2.05) is 53.8 Å². The van der Waals surface area contributed by atoms with E-state index in [1.165, 1.54) is 4.31 Å². The maximum atomic E-state index is 12.8. The number of halogens is 1. The van der Waals surface area contributed by atoms with Crippen LogP contribution in [0.15, 0.2) is 69.1 Å². The van der Waals surface area contributed by atoms with Crippen molar-refractivity contribution in [1.82, 2.24) is 24.4 Å². The molecule has 1 aliphatic heterocycles. The minimum atomic E-state index is -3.55. The lowest BCUT2D eigenvalue weighted by molar-refractivity contribution is -0.122. The molecule has 0 atom stereocenters. The van der Waals surface area contributed by atoms with Crippen molar-refractivity contribution in [3.8, 4) is 5.69 Å². The summed E-state index contributed by atoms with van der Waals surface area (Å²) in [6, 6.07) is 16.4. The summed E-state index contributed by atoms with van der Waals surface area (Å²) in [4.78, 5) is 14.6. The van der Waals surface area contributed by atoms with Crippen LogP contribution in [-0.2, 0) is 14.8 Å². The van der Waals surface area contributed by atoms with E-state index in [0.29, 0.717) is 26.2 Å². The number of aromatic nitrogens is 2. The van der Waals surface area contributed by atoms with Crippen molar-refractivity contribution in [2.24, 2.45) is 5.10 Å². The number of benzene rings is 2. The van der Waals surface area contributed by atoms with Gasteiger partial charge in [0.1, 0.15) is 0 Å². The van der Waals surface area contributed by atoms with Crippen LogP contribution in [0.1, 0.15) is 17.0 Å². The Bertz CT molecular complexity index is 1320. The molecule has 0 aliphatic carbocycles. The minimum absolute atomic E-state index is 0.144. The number of hydrogen-bond acceptors (Lipinski definition) is 6. The molecule has 1 aliphatic rings. The van der Waals surface area contributed by atoms with Crippen LogP contribution < -0.4 is 5.43 Å². The number of hydrogen-bond donors (Lipinski definition) is 1. The molecule has 0 spiro atoms. The molecule has 11 heteroatoms. The van der Waals surface area contributed by atoms with Gasteiger partial charge in [-0.1, -0.05) is 34.1 Å². The molecule has 1 fully saturated rings. The van der Waals surface area contributed by atoms with Gasteiger partial charge < -0.3 is 0 Å². The molecule has 3 aromatic rings. The highest BCUT2D eigenvalue weighted by atomic mass is 79.9. The van der Waals surface area contributed by atoms with Crippen LogP contribution in [0.5, 0.6) is 0 Å². The summed E-state index contributed by atoms with van der Waals surface area (Å²) in [5.74, 6) is -0.253. The number of aryl methyl sites for hydroxylation is 1. The molecule has 184 valence electrons. The second-order valence-corrected chi connectivity index (χ2v) is 11.1. The standard InChI is InChI=1S/C24H27BrN6O3S/c1-18-23(19(2)31(28-18)21-6-4-3-5-7-21)16-26-27-24(32)17-29-12-14-30(15-13-29)35(33,34)22-10-8-20(25)9-11-22/h3-11,16H,12-15,17H2,1-2H3,(H,27,32)/b26-16+. The largest absolute Gasteiger partial charge is 0.292 e. The fraction of sp³-hybridized carbons (Fsp3) is 0.292. The predicted molar refractivity (Wildman–Crippen MR) is 138 cm³/mol. The summed E-state index contributed by atoms with van der Waals surface area (Å²) < 4.78 is 29.8. The Kier molecular flexibility index (Phi) is 7.80. The SMILES string of the molecule is Cc1nn(-c2ccccc2)c(C)c1/C=N/NC(=O)CN1CCN(S(=O)(=O)c2ccc(Br)cc2)CC1. The first-order valence-electron chi connectivity index (χ1n) is 11.2. The molecule has 2 aromatic carbocycles. The van der Waals surface area contributed by atoms with Crippen molar-refractivity contribution in [2.45, 2.75) is 18.7 Å². The zero-order valence-corrected chi connectivity index (χ0v) is 22.0. The zero-order chi connectivity index (χ0) is 25.0. The summed E-state index contributed by atoms with van der Waals surface area (Å²) >= 11 is 3.32. The third kappa shape index (κ3) is 5.87. The maximum absolute atomic E-state index is 12.8. The smallest absolute Gasteiger partial charge is 0.254 e. The molecule has 35 heavy (non-hydrogen) atoms. The van der Waals surface area contributed by atoms with Gasteiger partial charge in [0.15, 0.2) is 0 Å². The predicted octanol–water partition coefficient (Wildman–Crippen LogP) is 2.71. The number of amides is 1. The van der Waals surface area contributed by atoms with Gasteiger partial charge >= 0.3 is 0 Å². The van der Waals surface area contributed by atoms with Gasteiger partial charge in [-0.05, 0) is 50.2 Å². The van der Waals surface area contributed by atoms with Crippen LogP contribution in [0.2, 0.25) is 0 Å². The number of para-hydroxylation sites is 1. The van der Waals surface area contributed by atoms with E-state index in [9.17, 15) is 13.2 Å². The van der Waals surface area contributed by atoms with Gasteiger partial charge in [0, 0.05) is 36.2 Å². The van der Waals surface area contributed by atoms with Crippen molar-refractivity contribution in [3.63, 3.8) is 0 Å². The van der Waals surface area contributed by atoms with Gasteiger partial charge in [0.2, 0.25) is 10.0 Å². The lowest BCUT2D eigenvalue weighted by atomic mass is 10.2. The number of nitrogens with zero attached hydrogens (tertiary/aromatic N) is 5. The molecule has 0 saturated carbocycles. The number of sulfonamides is 1. The molecule has 1 saturated heterocycles. The molecule has 9 nitrogen and oxygen atoms in total. The fourth-order valence-electron chi connectivity index (χ4n) is 3.95. The van der Waals surface area contributed by atoms with Gasteiger partial charge in [-0.25, -0.2) is 18.5 Å². The van der Waals surface area contributed by atoms with Crippen LogP contribution in [0.25, 0.3) is 5.69 Å². The molecule has 0 radical (unpaired) electrons. The van der Waals surface area contributed by atoms with Crippen LogP contribution in [0.3, 0.4) is 0 Å². The highest BCUT2D eigenvalue weighted by molar-refractivity contribution is 9.10. The average Bonchev–Trinajstić information content (AvgIpc) is 3.13. The first-order valence-corrected chi connectivity index (χ1v) is 13.4. The third-order valence-corrected chi connectivity index (χ3v) is 8.32. The molecule has 0 bridgehead atoms. The summed E-state index contributed by atoms with van der Waals surface area (Å²) in [6.45, 7) is 5.59. The van der Waals surface area contributed by atoms with Crippen LogP contribution >= 0.6 is 15.9 Å². The average molecular weight is 559 g/mol. The van der Waals surface area contributed by atoms with E-state index in [-0.39, 0.29) is 17.3 Å². The Labute approximate surface area is 213 Å². The number of hydrazone groups is 1. The maximum Gasteiger partial charge on any atom is 0.254 e. The van der Waals surface area contributed by atoms with E-state index >= 15 is 0 Å². The lowest BCUT2D eigenvalue weighted by Gasteiger charge is -2.33. The number of rotatable bonds is 7. The van der Waals surface area contributed by atoms with E-state index in [1.54, 1.807) is 30.5 Å². The van der Waals surface area contributed by atoms with Crippen molar-refractivity contribution >= 4 is 38.1 Å². The summed E-state index contributed by atoms with van der Waals surface area (Å²) in [6.07, 6.45) is 1.61. The highest BCUT2D eigenvalue weighted by Crippen LogP contribution is 2.20. The first-order chi connectivity index (χ1) is 16.8. The molecule has 1 N–H and O–H groups in total. The molecule has 1 amide bonds. The van der Waals surface area contributed by atoms with Gasteiger partial charge in [-0.15, -0.1) is 0 Å². The number of piperazine rings is 1. The molecular weight excluding hydrogens is 532 g/mol. The van der Waals surface area contributed by atoms with Crippen LogP contribution in [0, 0.1) is 13.8 Å². The van der Waals surface area contributed by atoms with Gasteiger partial charge in [-0.2, -0.15) is 14.5 Å². The second-order valence-electron chi connectivity index (χ2n) is 8.26. The Morgan fingerprint density at radius 1 is 1.06 bits per heavy atom. The molecule has 2 heterocycles. The zero-order valence-electron chi connectivity index (χ0n) is 19.6. The Balaban J connectivity index is 1.30. The molecule has 1 aromatic heterocycles. The van der Waals surface area contributed by atoms with E-state index in [2.05, 4.69) is 31.6 Å². The fourth-order valence-corrected chi connectivity index (χ4v) is 5.64. The van der Waals surface area contributed by atoms with Crippen molar-refractivity contribution in [3.05, 3.63) is 76.0 Å². The van der Waals surface area contributed by atoms with E-state index < -0.39 is 10.0 Å². The highest BCUT2D eigenvalue weighted by Gasteiger charge is 2.29. The van der Waals surface area contributed by atoms with Gasteiger partial charge in [-0.3, -0.25) is 9.69 Å². The minimum Gasteiger partial charge on any atom is -0.292 e. The van der Waals surface area contributed by atoms with Crippen molar-refractivity contribution in [1.29, 1.82) is 0 Å². The number of carbonyl (C=O) groups excluding carboxylic acids is 1. The third-order valence-electron chi connectivity index (χ3n) is 5.88. The normalized spacial score (nSPS) is 15.5. The molecule has 0 unspecified atom stereocenters. The summed E-state index contributed by atoms with van der Waals surface area (Å²) in [7, 11) is -3.55. The number of nitrogens with one attached hydrogen (secondary N) is 1. The van der Waals surface area contributed by atoms with Gasteiger partial charge in [0.25, 0.3) is 5.91 Å². The van der Waals surface area contributed by atoms with Crippen LogP contribution in [-0.4, -0.2) is 72.2 Å². The summed E-state index contributed by atoms with van der Waals surface area (Å²) in [5.41, 5.74) is 6.11. The monoisotopic (exact) mass is 558 g/mol. The Morgan fingerprint density at radius 3 is 2.37 bits per heavy atom. The van der Waals surface area contributed by atoms with Crippen molar-refractivity contribution in [2.75, 3.05) is 32.7 Å². The number of carbonyl (C=O) groups is 1. The first kappa shape index (κ1) is 25.2. The van der Waals surface area contributed by atoms with Crippen molar-refractivity contribution < 1.29 is 13.2 Å². The quantitative estimate of drug-likeness (QED) is 0.355. The second kappa shape index (κ2) is 10.8. The topological polar surface area (TPSA) is 99.9 Å². The van der Waals surface area contributed by atoms with E-state index in [0.717, 1.165) is 27.1 Å². The molecular formula is C24H27BrN6O3S. The molecule has 4 rings (SSSR count). The lowest BCUT2D eigenvalue weighted by Crippen LogP contribution is -2.50. The van der Waals surface area contributed by atoms with Gasteiger partial charge in [0.05, 0.1) is 34.7 Å².